The van der Waals surface area contributed by atoms with Crippen LogP contribution in [0.4, 0.5) is 0 Å². The molecule has 4 N–H and O–H groups in total. The van der Waals surface area contributed by atoms with Crippen molar-refractivity contribution in [3.8, 4) is 11.5 Å². The summed E-state index contributed by atoms with van der Waals surface area (Å²) in [6.45, 7) is 16.6. The van der Waals surface area contributed by atoms with Crippen molar-refractivity contribution >= 4 is 23.7 Å². The van der Waals surface area contributed by atoms with E-state index in [0.717, 1.165) is 16.7 Å². The number of aryl methyl sites for hydroxylation is 1. The van der Waals surface area contributed by atoms with E-state index < -0.39 is 106 Å². The summed E-state index contributed by atoms with van der Waals surface area (Å²) < 4.78 is 35.7. The summed E-state index contributed by atoms with van der Waals surface area (Å²) in [6, 6.07) is 3.21. The number of ketones is 1. The van der Waals surface area contributed by atoms with E-state index in [4.69, 9.17) is 28.4 Å². The first-order chi connectivity index (χ1) is 30.0. The molecule has 2 bridgehead atoms. The molecule has 7 rings (SSSR count). The Morgan fingerprint density at radius 3 is 2.28 bits per heavy atom. The van der Waals surface area contributed by atoms with Gasteiger partial charge in [0.1, 0.15) is 40.6 Å². The SMILES string of the molecule is COc1cc(C)c(C(=O)OC2C(C)OC(OC3CCC(C)C4C3C=C(C)C3/C(C)=C/CC/C(C)=C/C5(C)C=C(C(=O)O)C(C)CC56OC(=O)/C(=C(\O)C34C)C6=O)C(O)C2O)c(OC)c1. The van der Waals surface area contributed by atoms with E-state index in [9.17, 15) is 34.8 Å². The highest BCUT2D eigenvalue weighted by atomic mass is 16.7. The fourth-order valence-electron chi connectivity index (χ4n) is 12.4. The lowest BCUT2D eigenvalue weighted by molar-refractivity contribution is -0.311. The van der Waals surface area contributed by atoms with Gasteiger partial charge < -0.3 is 48.8 Å². The average Bonchev–Trinajstić information content (AvgIpc) is 3.47. The van der Waals surface area contributed by atoms with Crippen LogP contribution in [0.3, 0.4) is 0 Å². The third-order valence-electron chi connectivity index (χ3n) is 15.3. The zero-order valence-electron chi connectivity index (χ0n) is 38.7. The van der Waals surface area contributed by atoms with E-state index in [1.54, 1.807) is 45.9 Å². The van der Waals surface area contributed by atoms with Crippen molar-refractivity contribution < 1.29 is 68.0 Å². The molecule has 1 aromatic carbocycles. The van der Waals surface area contributed by atoms with Gasteiger partial charge in [-0.15, -0.1) is 0 Å². The van der Waals surface area contributed by atoms with Crippen molar-refractivity contribution in [3.63, 3.8) is 0 Å². The summed E-state index contributed by atoms with van der Waals surface area (Å²) in [5.74, 6) is -5.18. The van der Waals surface area contributed by atoms with Crippen LogP contribution in [0.15, 0.2) is 70.1 Å². The van der Waals surface area contributed by atoms with Crippen molar-refractivity contribution in [1.82, 2.24) is 0 Å². The number of benzene rings is 1. The van der Waals surface area contributed by atoms with Crippen molar-refractivity contribution in [2.75, 3.05) is 14.2 Å². The van der Waals surface area contributed by atoms with E-state index in [2.05, 4.69) is 19.1 Å². The Balaban J connectivity index is 1.24. The Labute approximate surface area is 375 Å². The molecule has 6 aliphatic rings. The third kappa shape index (κ3) is 7.51. The number of esters is 2. The van der Waals surface area contributed by atoms with Gasteiger partial charge in [0.15, 0.2) is 18.0 Å². The largest absolute Gasteiger partial charge is 0.511 e. The molecule has 14 atom stereocenters. The molecule has 2 saturated heterocycles. The normalized spacial score (nSPS) is 41.6. The summed E-state index contributed by atoms with van der Waals surface area (Å²) >= 11 is 0. The molecule has 0 aromatic heterocycles. The molecule has 64 heavy (non-hydrogen) atoms. The van der Waals surface area contributed by atoms with Gasteiger partial charge in [-0.25, -0.2) is 14.4 Å². The maximum Gasteiger partial charge on any atom is 0.346 e. The fraction of sp³-hybridized carbons (Fsp3) is 0.600. The van der Waals surface area contributed by atoms with Gasteiger partial charge in [-0.05, 0) is 96.6 Å². The van der Waals surface area contributed by atoms with E-state index in [-0.39, 0.29) is 35.0 Å². The predicted molar refractivity (Wildman–Crippen MR) is 233 cm³/mol. The second-order valence-corrected chi connectivity index (χ2v) is 19.6. The number of carbonyl (C=O) groups excluding carboxylic acids is 3. The number of aliphatic carboxylic acids is 1. The topological polar surface area (TPSA) is 205 Å². The Kier molecular flexibility index (Phi) is 12.7. The molecule has 1 spiro atoms. The molecule has 0 radical (unpaired) electrons. The summed E-state index contributed by atoms with van der Waals surface area (Å²) in [6.07, 6.45) is 2.58. The zero-order valence-corrected chi connectivity index (χ0v) is 38.7. The van der Waals surface area contributed by atoms with Crippen LogP contribution in [0.2, 0.25) is 0 Å². The lowest BCUT2D eigenvalue weighted by atomic mass is 9.49. The van der Waals surface area contributed by atoms with Gasteiger partial charge in [0.25, 0.3) is 0 Å². The molecule has 4 aliphatic carbocycles. The van der Waals surface area contributed by atoms with Crippen LogP contribution in [0.5, 0.6) is 11.5 Å². The van der Waals surface area contributed by atoms with Crippen LogP contribution in [-0.2, 0) is 33.3 Å². The standard InChI is InChI=1S/C50H64O14/c1-23-13-12-14-24(2)37-27(5)18-31-33(62-47-40(52)39(51)41(29(7)61-47)63-45(57)35-26(4)17-30(59-10)19-34(35)60-11)16-15-25(3)38(31)49(37,9)42(53)36-43(54)50(64-46(36)58)21-28(6)32(44(55)56)22-48(50,8)20-23/h14,17-20,22,25,28-29,31,33,37-41,47,51-53H,12-13,15-16,21H2,1-11H3,(H,55,56)/b23-20+,24-14+,42-36-. The zero-order chi connectivity index (χ0) is 47.0. The Bertz CT molecular complexity index is 2270. The number of carbonyl (C=O) groups is 4. The molecule has 2 heterocycles. The Morgan fingerprint density at radius 2 is 1.62 bits per heavy atom. The second-order valence-electron chi connectivity index (χ2n) is 19.6. The summed E-state index contributed by atoms with van der Waals surface area (Å²) in [5.41, 5.74) is -1.28. The molecule has 14 heteroatoms. The average molecular weight is 889 g/mol. The van der Waals surface area contributed by atoms with E-state index in [1.165, 1.54) is 14.2 Å². The summed E-state index contributed by atoms with van der Waals surface area (Å²) in [4.78, 5) is 55.6. The van der Waals surface area contributed by atoms with Crippen LogP contribution in [0.1, 0.15) is 103 Å². The van der Waals surface area contributed by atoms with Gasteiger partial charge in [-0.3, -0.25) is 4.79 Å². The molecule has 14 nitrogen and oxygen atoms in total. The van der Waals surface area contributed by atoms with Crippen LogP contribution in [0, 0.1) is 47.3 Å². The minimum Gasteiger partial charge on any atom is -0.511 e. The molecule has 1 saturated carbocycles. The highest BCUT2D eigenvalue weighted by Crippen LogP contribution is 2.62. The lowest BCUT2D eigenvalue weighted by Crippen LogP contribution is -2.60. The van der Waals surface area contributed by atoms with Gasteiger partial charge in [0.2, 0.25) is 5.78 Å². The van der Waals surface area contributed by atoms with Crippen molar-refractivity contribution in [2.45, 2.75) is 137 Å². The maximum absolute atomic E-state index is 15.2. The first-order valence-corrected chi connectivity index (χ1v) is 22.4. The number of hydrogen-bond donors (Lipinski definition) is 4. The predicted octanol–water partition coefficient (Wildman–Crippen LogP) is 7.05. The number of hydrogen-bond acceptors (Lipinski definition) is 13. The molecular formula is C50H64O14. The van der Waals surface area contributed by atoms with Gasteiger partial charge in [0.05, 0.1) is 31.8 Å². The number of carboxylic acid groups (broad SMARTS) is 1. The van der Waals surface area contributed by atoms with E-state index >= 15 is 4.79 Å². The minimum atomic E-state index is -1.80. The summed E-state index contributed by atoms with van der Waals surface area (Å²) in [7, 11) is 2.91. The van der Waals surface area contributed by atoms with Crippen LogP contribution in [0.25, 0.3) is 0 Å². The number of ether oxygens (including phenoxy) is 6. The monoisotopic (exact) mass is 888 g/mol. The fourth-order valence-corrected chi connectivity index (χ4v) is 12.4. The van der Waals surface area contributed by atoms with Gasteiger partial charge in [0, 0.05) is 35.3 Å². The molecule has 348 valence electrons. The molecule has 0 amide bonds. The number of Topliss-reactive ketones (excluding diaryl/α,β-unsaturated/α-hetero) is 1. The smallest absolute Gasteiger partial charge is 0.346 e. The lowest BCUT2D eigenvalue weighted by Gasteiger charge is -2.56. The highest BCUT2D eigenvalue weighted by molar-refractivity contribution is 6.26. The van der Waals surface area contributed by atoms with Crippen LogP contribution < -0.4 is 9.47 Å². The van der Waals surface area contributed by atoms with E-state index in [1.807, 2.05) is 33.8 Å². The summed E-state index contributed by atoms with van der Waals surface area (Å²) in [5, 5.41) is 46.2. The van der Waals surface area contributed by atoms with Crippen LogP contribution in [-0.4, -0.2) is 101 Å². The molecule has 3 fully saturated rings. The Morgan fingerprint density at radius 1 is 0.922 bits per heavy atom. The molecule has 14 unspecified atom stereocenters. The molecule has 1 aromatic rings. The first kappa shape index (κ1) is 47.2. The highest BCUT2D eigenvalue weighted by Gasteiger charge is 2.67. The maximum atomic E-state index is 15.2. The quantitative estimate of drug-likeness (QED) is 0.123. The number of methoxy groups -OCH3 is 2. The minimum absolute atomic E-state index is 0.0664. The number of carboxylic acids is 1. The van der Waals surface area contributed by atoms with Crippen molar-refractivity contribution in [3.05, 3.63) is 81.2 Å². The van der Waals surface area contributed by atoms with Crippen LogP contribution >= 0.6 is 0 Å². The van der Waals surface area contributed by atoms with Crippen molar-refractivity contribution in [2.24, 2.45) is 40.4 Å². The van der Waals surface area contributed by atoms with Gasteiger partial charge in [-0.2, -0.15) is 0 Å². The van der Waals surface area contributed by atoms with Gasteiger partial charge >= 0.3 is 17.9 Å². The van der Waals surface area contributed by atoms with Crippen molar-refractivity contribution in [1.29, 1.82) is 0 Å². The number of allylic oxidation sites excluding steroid dienone is 5. The second kappa shape index (κ2) is 17.2. The first-order valence-electron chi connectivity index (χ1n) is 22.4. The van der Waals surface area contributed by atoms with Gasteiger partial charge in [-0.1, -0.05) is 61.8 Å². The number of aliphatic hydroxyl groups is 3. The Hall–Kier alpha value is -4.76. The number of rotatable bonds is 7. The molecular weight excluding hydrogens is 825 g/mol. The molecule has 2 aliphatic heterocycles. The third-order valence-corrected chi connectivity index (χ3v) is 15.3. The number of aliphatic hydroxyl groups excluding tert-OH is 3. The van der Waals surface area contributed by atoms with E-state index in [0.29, 0.717) is 37.0 Å². The number of fused-ring (bicyclic) bond motifs is 4.